The van der Waals surface area contributed by atoms with Crippen LogP contribution in [-0.4, -0.2) is 32.7 Å². The van der Waals surface area contributed by atoms with E-state index in [1.807, 2.05) is 0 Å². The lowest BCUT2D eigenvalue weighted by Gasteiger charge is -2.30. The first-order valence-corrected chi connectivity index (χ1v) is 10.1. The Morgan fingerprint density at radius 1 is 0.424 bits per heavy atom. The first kappa shape index (κ1) is 21.6. The van der Waals surface area contributed by atoms with Gasteiger partial charge in [-0.05, 0) is 44.5 Å². The molecule has 0 aromatic heterocycles. The van der Waals surface area contributed by atoms with Gasteiger partial charge in [0, 0.05) is 0 Å². The van der Waals surface area contributed by atoms with Crippen molar-refractivity contribution in [2.45, 2.75) is 5.41 Å². The van der Waals surface area contributed by atoms with Crippen molar-refractivity contribution in [2.24, 2.45) is 0 Å². The fourth-order valence-corrected chi connectivity index (χ4v) is 5.05. The van der Waals surface area contributed by atoms with Gasteiger partial charge < -0.3 is 20.4 Å². The van der Waals surface area contributed by atoms with E-state index in [1.165, 1.54) is 44.5 Å². The predicted molar refractivity (Wildman–Crippen MR) is 124 cm³/mol. The van der Waals surface area contributed by atoms with Crippen molar-refractivity contribution in [2.75, 3.05) is 0 Å². The molecule has 4 aromatic rings. The Balaban J connectivity index is 0.000000285. The fraction of sp³-hybridized carbons (Fsp3) is 0.0370. The molecule has 6 heteroatoms. The lowest BCUT2D eigenvalue weighted by molar-refractivity contribution is 0.135. The van der Waals surface area contributed by atoms with Gasteiger partial charge in [0.2, 0.25) is 0 Å². The Morgan fingerprint density at radius 3 is 0.818 bits per heavy atom. The molecule has 4 aromatic carbocycles. The Bertz CT molecular complexity index is 1150. The molecule has 0 bridgehead atoms. The van der Waals surface area contributed by atoms with Gasteiger partial charge in [0.15, 0.2) is 0 Å². The molecule has 0 aliphatic heterocycles. The number of fused-ring (bicyclic) bond motifs is 10. The number of rotatable bonds is 0. The van der Waals surface area contributed by atoms with Gasteiger partial charge in [-0.25, -0.2) is 9.59 Å². The normalized spacial score (nSPS) is 12.6. The van der Waals surface area contributed by atoms with Gasteiger partial charge in [-0.3, -0.25) is 0 Å². The molecule has 0 heterocycles. The van der Waals surface area contributed by atoms with Crippen LogP contribution >= 0.6 is 0 Å². The van der Waals surface area contributed by atoms with Crippen LogP contribution in [0.3, 0.4) is 0 Å². The molecule has 0 saturated carbocycles. The van der Waals surface area contributed by atoms with Gasteiger partial charge in [0.1, 0.15) is 0 Å². The number of carbonyl (C=O) groups is 2. The molecule has 33 heavy (non-hydrogen) atoms. The molecule has 0 unspecified atom stereocenters. The zero-order valence-electron chi connectivity index (χ0n) is 17.3. The molecule has 6 rings (SSSR count). The van der Waals surface area contributed by atoms with Crippen LogP contribution in [0.5, 0.6) is 0 Å². The Morgan fingerprint density at radius 2 is 0.606 bits per heavy atom. The van der Waals surface area contributed by atoms with E-state index in [4.69, 9.17) is 30.0 Å². The lowest BCUT2D eigenvalue weighted by Crippen LogP contribution is -2.25. The topological polar surface area (TPSA) is 115 Å². The molecule has 4 N–H and O–H groups in total. The molecule has 0 radical (unpaired) electrons. The average Bonchev–Trinajstić information content (AvgIpc) is 3.26. The van der Waals surface area contributed by atoms with E-state index in [9.17, 15) is 0 Å². The van der Waals surface area contributed by atoms with E-state index in [0.717, 1.165) is 0 Å². The third-order valence-electron chi connectivity index (χ3n) is 5.90. The van der Waals surface area contributed by atoms with Crippen molar-refractivity contribution < 1.29 is 30.0 Å². The molecule has 0 amide bonds. The van der Waals surface area contributed by atoms with E-state index < -0.39 is 12.3 Å². The van der Waals surface area contributed by atoms with Crippen molar-refractivity contribution in [1.29, 1.82) is 0 Å². The predicted octanol–water partition coefficient (Wildman–Crippen LogP) is 6.47. The monoisotopic (exact) mass is 440 g/mol. The van der Waals surface area contributed by atoms with Gasteiger partial charge in [-0.15, -0.1) is 0 Å². The van der Waals surface area contributed by atoms with Gasteiger partial charge in [-0.1, -0.05) is 97.1 Å². The van der Waals surface area contributed by atoms with Crippen molar-refractivity contribution in [3.8, 4) is 22.3 Å². The summed E-state index contributed by atoms with van der Waals surface area (Å²) in [6.07, 6.45) is -3.67. The third-order valence-corrected chi connectivity index (χ3v) is 5.90. The molecular weight excluding hydrogens is 420 g/mol. The molecular formula is C27H20O6. The van der Waals surface area contributed by atoms with E-state index in [0.29, 0.717) is 0 Å². The third kappa shape index (κ3) is 3.47. The molecule has 2 aliphatic rings. The average molecular weight is 440 g/mol. The maximum Gasteiger partial charge on any atom is 0.503 e. The van der Waals surface area contributed by atoms with Gasteiger partial charge in [0.25, 0.3) is 0 Å². The highest BCUT2D eigenvalue weighted by Gasteiger charge is 2.51. The van der Waals surface area contributed by atoms with Gasteiger partial charge >= 0.3 is 12.3 Å². The summed E-state index contributed by atoms with van der Waals surface area (Å²) in [6, 6.07) is 35.7. The van der Waals surface area contributed by atoms with E-state index in [1.54, 1.807) is 0 Å². The molecule has 0 fully saturated rings. The molecule has 6 nitrogen and oxygen atoms in total. The number of hydrogen-bond acceptors (Lipinski definition) is 2. The van der Waals surface area contributed by atoms with Crippen molar-refractivity contribution in [3.05, 3.63) is 119 Å². The second-order valence-electron chi connectivity index (χ2n) is 7.50. The van der Waals surface area contributed by atoms with Gasteiger partial charge in [0.05, 0.1) is 5.41 Å². The Hall–Kier alpha value is -4.58. The van der Waals surface area contributed by atoms with E-state index in [2.05, 4.69) is 97.1 Å². The highest BCUT2D eigenvalue weighted by Crippen LogP contribution is 2.62. The minimum atomic E-state index is -1.83. The van der Waals surface area contributed by atoms with E-state index in [-0.39, 0.29) is 5.41 Å². The summed E-state index contributed by atoms with van der Waals surface area (Å²) in [5, 5.41) is 27.9. The smallest absolute Gasteiger partial charge is 0.450 e. The zero-order chi connectivity index (χ0) is 23.6. The van der Waals surface area contributed by atoms with Crippen LogP contribution in [0.15, 0.2) is 97.1 Å². The number of carboxylic acid groups (broad SMARTS) is 4. The van der Waals surface area contributed by atoms with Crippen LogP contribution in [0.2, 0.25) is 0 Å². The Labute approximate surface area is 189 Å². The summed E-state index contributed by atoms with van der Waals surface area (Å²) < 4.78 is 0. The minimum absolute atomic E-state index is 0.180. The molecule has 2 aliphatic carbocycles. The maximum atomic E-state index is 8.56. The SMILES string of the molecule is O=C(O)O.O=C(O)O.c1ccc2c(c1)-c1ccccc1C21c2ccccc2-c2ccccc21. The van der Waals surface area contributed by atoms with Crippen LogP contribution in [0.1, 0.15) is 22.3 Å². The van der Waals surface area contributed by atoms with Crippen molar-refractivity contribution >= 4 is 12.3 Å². The lowest BCUT2D eigenvalue weighted by atomic mass is 9.70. The molecule has 164 valence electrons. The quantitative estimate of drug-likeness (QED) is 0.215. The first-order chi connectivity index (χ1) is 15.9. The largest absolute Gasteiger partial charge is 0.503 e. The van der Waals surface area contributed by atoms with E-state index >= 15 is 0 Å². The zero-order valence-corrected chi connectivity index (χ0v) is 17.3. The molecule has 0 atom stereocenters. The number of hydrogen-bond donors (Lipinski definition) is 4. The molecule has 0 saturated heterocycles. The van der Waals surface area contributed by atoms with Gasteiger partial charge in [-0.2, -0.15) is 0 Å². The van der Waals surface area contributed by atoms with Crippen LogP contribution < -0.4 is 0 Å². The number of benzene rings is 4. The second kappa shape index (κ2) is 8.51. The first-order valence-electron chi connectivity index (χ1n) is 10.1. The molecule has 1 spiro atoms. The summed E-state index contributed by atoms with van der Waals surface area (Å²) in [5.74, 6) is 0. The summed E-state index contributed by atoms with van der Waals surface area (Å²) >= 11 is 0. The van der Waals surface area contributed by atoms with Crippen LogP contribution in [-0.2, 0) is 5.41 Å². The highest BCUT2D eigenvalue weighted by atomic mass is 16.6. The summed E-state index contributed by atoms with van der Waals surface area (Å²) in [4.78, 5) is 17.1. The van der Waals surface area contributed by atoms with Crippen LogP contribution in [0, 0.1) is 0 Å². The Kier molecular flexibility index (Phi) is 5.58. The van der Waals surface area contributed by atoms with Crippen LogP contribution in [0.4, 0.5) is 9.59 Å². The highest BCUT2D eigenvalue weighted by molar-refractivity contribution is 5.94. The van der Waals surface area contributed by atoms with Crippen molar-refractivity contribution in [3.63, 3.8) is 0 Å². The standard InChI is InChI=1S/C25H16.2CH2O3/c1-5-13-21-17(9-1)18-10-2-6-14-22(18)25(21)23-15-7-3-11-19(23)20-12-4-8-16-24(20)25;2*2-1(3)4/h1-16H;2*(H2,2,3,4). The van der Waals surface area contributed by atoms with Crippen molar-refractivity contribution in [1.82, 2.24) is 0 Å². The summed E-state index contributed by atoms with van der Waals surface area (Å²) in [5.41, 5.74) is 10.9. The second-order valence-corrected chi connectivity index (χ2v) is 7.50. The summed E-state index contributed by atoms with van der Waals surface area (Å²) in [7, 11) is 0. The summed E-state index contributed by atoms with van der Waals surface area (Å²) in [6.45, 7) is 0. The minimum Gasteiger partial charge on any atom is -0.450 e. The maximum absolute atomic E-state index is 8.56. The van der Waals surface area contributed by atoms with Crippen LogP contribution in [0.25, 0.3) is 22.3 Å². The fourth-order valence-electron chi connectivity index (χ4n) is 5.05.